The van der Waals surface area contributed by atoms with Crippen molar-refractivity contribution in [3.05, 3.63) is 83.2 Å². The molecule has 0 fully saturated rings. The first kappa shape index (κ1) is 20.1. The number of hydrogen-bond donors (Lipinski definition) is 1. The summed E-state index contributed by atoms with van der Waals surface area (Å²) in [4.78, 5) is 26.3. The summed E-state index contributed by atoms with van der Waals surface area (Å²) in [6.45, 7) is 1.48. The number of anilines is 1. The van der Waals surface area contributed by atoms with Crippen LogP contribution in [0, 0.1) is 11.3 Å². The van der Waals surface area contributed by atoms with Gasteiger partial charge in [-0.15, -0.1) is 11.3 Å². The molecule has 144 valence electrons. The van der Waals surface area contributed by atoms with Crippen LogP contribution in [0.5, 0.6) is 0 Å². The molecule has 3 aromatic rings. The van der Waals surface area contributed by atoms with E-state index in [4.69, 9.17) is 10.00 Å². The molecular weight excluding hydrogens is 384 g/mol. The molecule has 1 aromatic heterocycles. The van der Waals surface area contributed by atoms with Gasteiger partial charge in [0, 0.05) is 15.8 Å². The Balaban J connectivity index is 1.57. The van der Waals surface area contributed by atoms with Crippen LogP contribution in [0.2, 0.25) is 0 Å². The maximum absolute atomic E-state index is 12.2. The predicted octanol–water partition coefficient (Wildman–Crippen LogP) is 4.87. The number of para-hydroxylation sites is 1. The summed E-state index contributed by atoms with van der Waals surface area (Å²) >= 11 is 1.55. The van der Waals surface area contributed by atoms with Gasteiger partial charge in [-0.25, -0.2) is 4.79 Å². The lowest BCUT2D eigenvalue weighted by atomic mass is 10.2. The van der Waals surface area contributed by atoms with Crippen molar-refractivity contribution in [1.29, 1.82) is 5.26 Å². The number of hydrogen-bond acceptors (Lipinski definition) is 5. The Morgan fingerprint density at radius 3 is 2.55 bits per heavy atom. The Morgan fingerprint density at radius 1 is 1.07 bits per heavy atom. The van der Waals surface area contributed by atoms with E-state index in [1.807, 2.05) is 48.5 Å². The number of benzene rings is 2. The molecule has 0 aliphatic carbocycles. The third-order valence-corrected chi connectivity index (χ3v) is 5.14. The zero-order valence-corrected chi connectivity index (χ0v) is 16.5. The van der Waals surface area contributed by atoms with E-state index in [2.05, 4.69) is 5.32 Å². The number of carbonyl (C=O) groups is 2. The van der Waals surface area contributed by atoms with Gasteiger partial charge in [-0.3, -0.25) is 4.79 Å². The van der Waals surface area contributed by atoms with Crippen LogP contribution < -0.4 is 5.32 Å². The van der Waals surface area contributed by atoms with Gasteiger partial charge in [0.25, 0.3) is 5.91 Å². The van der Waals surface area contributed by atoms with Gasteiger partial charge in [-0.1, -0.05) is 42.5 Å². The minimum absolute atomic E-state index is 0.339. The summed E-state index contributed by atoms with van der Waals surface area (Å²) in [7, 11) is 0. The monoisotopic (exact) mass is 402 g/mol. The minimum atomic E-state index is -0.998. The molecule has 29 heavy (non-hydrogen) atoms. The van der Waals surface area contributed by atoms with Gasteiger partial charge >= 0.3 is 5.97 Å². The first-order valence-electron chi connectivity index (χ1n) is 8.91. The number of thiophene rings is 1. The Labute approximate surface area is 172 Å². The van der Waals surface area contributed by atoms with Crippen molar-refractivity contribution in [2.75, 3.05) is 5.32 Å². The average molecular weight is 402 g/mol. The third-order valence-electron chi connectivity index (χ3n) is 4.04. The third kappa shape index (κ3) is 5.41. The summed E-state index contributed by atoms with van der Waals surface area (Å²) in [5.74, 6) is -1.12. The van der Waals surface area contributed by atoms with Crippen molar-refractivity contribution >= 4 is 35.0 Å². The van der Waals surface area contributed by atoms with Crippen molar-refractivity contribution in [2.45, 2.75) is 13.0 Å². The van der Waals surface area contributed by atoms with Crippen LogP contribution in [0.1, 0.15) is 17.4 Å². The molecule has 0 saturated carbocycles. The lowest BCUT2D eigenvalue weighted by Gasteiger charge is -2.13. The number of rotatable bonds is 6. The van der Waals surface area contributed by atoms with Crippen molar-refractivity contribution in [3.8, 4) is 16.5 Å². The molecule has 0 bridgehead atoms. The zero-order valence-electron chi connectivity index (χ0n) is 15.7. The fraction of sp³-hybridized carbons (Fsp3) is 0.0870. The van der Waals surface area contributed by atoms with Gasteiger partial charge in [0.05, 0.1) is 11.3 Å². The molecule has 1 amide bonds. The van der Waals surface area contributed by atoms with Crippen molar-refractivity contribution in [3.63, 3.8) is 0 Å². The highest BCUT2D eigenvalue weighted by Gasteiger charge is 2.17. The molecule has 0 spiro atoms. The van der Waals surface area contributed by atoms with E-state index in [0.29, 0.717) is 11.3 Å². The molecule has 1 N–H and O–H groups in total. The molecule has 5 nitrogen and oxygen atoms in total. The van der Waals surface area contributed by atoms with E-state index in [1.54, 1.807) is 41.7 Å². The van der Waals surface area contributed by atoms with Crippen LogP contribution >= 0.6 is 11.3 Å². The smallest absolute Gasteiger partial charge is 0.331 e. The molecular formula is C23H18N2O3S. The molecule has 1 heterocycles. The molecule has 0 unspecified atom stereocenters. The van der Waals surface area contributed by atoms with Gasteiger partial charge in [0.1, 0.15) is 6.07 Å². The Bertz CT molecular complexity index is 1080. The number of nitriles is 1. The summed E-state index contributed by atoms with van der Waals surface area (Å²) in [5.41, 5.74) is 1.83. The number of nitrogens with zero attached hydrogens (tertiary/aromatic N) is 1. The molecule has 0 aliphatic heterocycles. The first-order valence-corrected chi connectivity index (χ1v) is 9.72. The number of amides is 1. The molecule has 0 saturated heterocycles. The van der Waals surface area contributed by atoms with Gasteiger partial charge in [-0.05, 0) is 42.8 Å². The van der Waals surface area contributed by atoms with Gasteiger partial charge in [0.2, 0.25) is 0 Å². The van der Waals surface area contributed by atoms with Gasteiger partial charge in [-0.2, -0.15) is 5.26 Å². The Morgan fingerprint density at radius 2 is 1.79 bits per heavy atom. The molecule has 6 heteroatoms. The quantitative estimate of drug-likeness (QED) is 0.471. The van der Waals surface area contributed by atoms with E-state index in [-0.39, 0.29) is 0 Å². The van der Waals surface area contributed by atoms with Crippen LogP contribution in [-0.2, 0) is 14.3 Å². The summed E-state index contributed by atoms with van der Waals surface area (Å²) in [5, 5.41) is 11.7. The summed E-state index contributed by atoms with van der Waals surface area (Å²) in [6.07, 6.45) is 1.96. The van der Waals surface area contributed by atoms with E-state index >= 15 is 0 Å². The number of ether oxygens (including phenoxy) is 1. The lowest BCUT2D eigenvalue weighted by Crippen LogP contribution is -2.29. The van der Waals surface area contributed by atoms with Crippen molar-refractivity contribution < 1.29 is 14.3 Å². The second-order valence-corrected chi connectivity index (χ2v) is 7.24. The number of esters is 1. The molecule has 1 atom stereocenters. The number of nitrogens with one attached hydrogen (secondary N) is 1. The van der Waals surface area contributed by atoms with Crippen LogP contribution in [0.3, 0.4) is 0 Å². The van der Waals surface area contributed by atoms with E-state index in [1.165, 1.54) is 13.0 Å². The molecule has 3 rings (SSSR count). The molecule has 0 aliphatic rings. The van der Waals surface area contributed by atoms with E-state index in [9.17, 15) is 9.59 Å². The van der Waals surface area contributed by atoms with Crippen LogP contribution in [0.4, 0.5) is 5.69 Å². The van der Waals surface area contributed by atoms with Crippen molar-refractivity contribution in [2.24, 2.45) is 0 Å². The fourth-order valence-electron chi connectivity index (χ4n) is 2.54. The second-order valence-electron chi connectivity index (χ2n) is 6.13. The largest absolute Gasteiger partial charge is 0.449 e. The SMILES string of the molecule is C[C@H](OC(=O)/C=C/c1ccc(-c2ccccc2)s1)C(=O)Nc1ccccc1C#N. The fourth-order valence-corrected chi connectivity index (χ4v) is 3.46. The van der Waals surface area contributed by atoms with Crippen molar-refractivity contribution in [1.82, 2.24) is 0 Å². The van der Waals surface area contributed by atoms with E-state index < -0.39 is 18.0 Å². The maximum atomic E-state index is 12.2. The zero-order chi connectivity index (χ0) is 20.6. The normalized spacial score (nSPS) is 11.6. The van der Waals surface area contributed by atoms with Gasteiger partial charge in [0.15, 0.2) is 6.10 Å². The van der Waals surface area contributed by atoms with Crippen LogP contribution in [-0.4, -0.2) is 18.0 Å². The van der Waals surface area contributed by atoms with E-state index in [0.717, 1.165) is 15.3 Å². The van der Waals surface area contributed by atoms with Gasteiger partial charge < -0.3 is 10.1 Å². The highest BCUT2D eigenvalue weighted by atomic mass is 32.1. The first-order chi connectivity index (χ1) is 14.1. The maximum Gasteiger partial charge on any atom is 0.331 e. The predicted molar refractivity (Wildman–Crippen MR) is 114 cm³/mol. The average Bonchev–Trinajstić information content (AvgIpc) is 3.22. The summed E-state index contributed by atoms with van der Waals surface area (Å²) in [6, 6.07) is 22.5. The Hall–Kier alpha value is -3.69. The standard InChI is InChI=1S/C23H18N2O3S/c1-16(23(27)25-20-10-6-5-9-18(20)15-24)28-22(26)14-12-19-11-13-21(29-19)17-7-3-2-4-8-17/h2-14,16H,1H3,(H,25,27)/b14-12+/t16-/m0/s1. The highest BCUT2D eigenvalue weighted by Crippen LogP contribution is 2.28. The highest BCUT2D eigenvalue weighted by molar-refractivity contribution is 7.16. The molecule has 0 radical (unpaired) electrons. The second kappa shape index (κ2) is 9.49. The minimum Gasteiger partial charge on any atom is -0.449 e. The Kier molecular flexibility index (Phi) is 6.56. The van der Waals surface area contributed by atoms with Crippen LogP contribution in [0.15, 0.2) is 72.8 Å². The topological polar surface area (TPSA) is 79.2 Å². The number of carbonyl (C=O) groups excluding carboxylic acids is 2. The van der Waals surface area contributed by atoms with Crippen LogP contribution in [0.25, 0.3) is 16.5 Å². The summed E-state index contributed by atoms with van der Waals surface area (Å²) < 4.78 is 5.15. The lowest BCUT2D eigenvalue weighted by molar-refractivity contribution is -0.148. The molecule has 2 aromatic carbocycles.